The average Bonchev–Trinajstić information content (AvgIpc) is 2.91. The molecule has 1 heterocycles. The van der Waals surface area contributed by atoms with Crippen molar-refractivity contribution in [3.8, 4) is 0 Å². The van der Waals surface area contributed by atoms with Crippen LogP contribution in [0, 0.1) is 0 Å². The Morgan fingerprint density at radius 3 is 2.45 bits per heavy atom. The lowest BCUT2D eigenvalue weighted by molar-refractivity contribution is -0.137. The third kappa shape index (κ3) is 3.76. The monoisotopic (exact) mass is 285 g/mol. The summed E-state index contributed by atoms with van der Waals surface area (Å²) in [7, 11) is 0. The number of rotatable bonds is 5. The van der Waals surface area contributed by atoms with E-state index in [0.29, 0.717) is 13.0 Å². The molecule has 1 aromatic rings. The highest BCUT2D eigenvalue weighted by Gasteiger charge is 2.30. The third-order valence-electron chi connectivity index (χ3n) is 3.25. The van der Waals surface area contributed by atoms with Gasteiger partial charge >= 0.3 is 6.18 Å². The van der Waals surface area contributed by atoms with Gasteiger partial charge in [-0.25, -0.2) is 0 Å². The van der Waals surface area contributed by atoms with Crippen LogP contribution in [-0.2, 0) is 17.3 Å². The number of nitrogens with one attached hydrogen (secondary N) is 1. The molecule has 1 atom stereocenters. The Morgan fingerprint density at radius 1 is 1.25 bits per heavy atom. The summed E-state index contributed by atoms with van der Waals surface area (Å²) >= 11 is 0. The Kier molecular flexibility index (Phi) is 4.70. The van der Waals surface area contributed by atoms with Crippen molar-refractivity contribution in [2.45, 2.75) is 32.0 Å². The number of ether oxygens (including phenoxy) is 1. The van der Waals surface area contributed by atoms with E-state index in [2.05, 4.69) is 5.32 Å². The van der Waals surface area contributed by atoms with Gasteiger partial charge in [0.2, 0.25) is 0 Å². The number of hydrogen-bond acceptors (Lipinski definition) is 2. The van der Waals surface area contributed by atoms with E-state index in [1.54, 1.807) is 0 Å². The van der Waals surface area contributed by atoms with E-state index in [1.807, 2.05) is 13.0 Å². The molecule has 1 aliphatic rings. The van der Waals surface area contributed by atoms with E-state index in [9.17, 15) is 13.2 Å². The van der Waals surface area contributed by atoms with Crippen LogP contribution < -0.4 is 5.32 Å². The zero-order chi connectivity index (χ0) is 14.6. The number of likely N-dealkylation sites (N-methyl/N-ethyl adjacent to an activating group) is 1. The van der Waals surface area contributed by atoms with Gasteiger partial charge in [-0.3, -0.25) is 0 Å². The van der Waals surface area contributed by atoms with E-state index in [4.69, 9.17) is 4.74 Å². The standard InChI is InChI=1S/C15H18F3NO/c1-2-19-13(14-4-3-9-20-14)10-11-5-7-12(8-6-11)15(16,17)18/h4-8,13,19H,2-3,9-10H2,1H3. The molecular weight excluding hydrogens is 267 g/mol. The van der Waals surface area contributed by atoms with Gasteiger partial charge in [0.25, 0.3) is 0 Å². The minimum atomic E-state index is -4.28. The van der Waals surface area contributed by atoms with E-state index >= 15 is 0 Å². The first-order valence-corrected chi connectivity index (χ1v) is 6.73. The molecule has 0 bridgehead atoms. The molecule has 110 valence electrons. The molecule has 1 aromatic carbocycles. The van der Waals surface area contributed by atoms with Crippen molar-refractivity contribution in [2.75, 3.05) is 13.2 Å². The van der Waals surface area contributed by atoms with Gasteiger partial charge in [-0.1, -0.05) is 19.1 Å². The summed E-state index contributed by atoms with van der Waals surface area (Å²) in [4.78, 5) is 0. The molecule has 2 nitrogen and oxygen atoms in total. The zero-order valence-electron chi connectivity index (χ0n) is 11.3. The van der Waals surface area contributed by atoms with Crippen LogP contribution in [-0.4, -0.2) is 19.2 Å². The Morgan fingerprint density at radius 2 is 1.95 bits per heavy atom. The fourth-order valence-corrected chi connectivity index (χ4v) is 2.27. The highest BCUT2D eigenvalue weighted by Crippen LogP contribution is 2.29. The number of halogens is 3. The van der Waals surface area contributed by atoms with Crippen molar-refractivity contribution in [2.24, 2.45) is 0 Å². The van der Waals surface area contributed by atoms with E-state index < -0.39 is 11.7 Å². The highest BCUT2D eigenvalue weighted by molar-refractivity contribution is 5.26. The maximum absolute atomic E-state index is 12.5. The van der Waals surface area contributed by atoms with Gasteiger partial charge in [0.1, 0.15) is 5.76 Å². The Hall–Kier alpha value is -1.49. The molecule has 1 aliphatic heterocycles. The predicted molar refractivity (Wildman–Crippen MR) is 71.3 cm³/mol. The molecule has 5 heteroatoms. The smallest absolute Gasteiger partial charge is 0.416 e. The molecule has 1 N–H and O–H groups in total. The SMILES string of the molecule is CCNC(Cc1ccc(C(F)(F)F)cc1)C1=CCCO1. The van der Waals surface area contributed by atoms with E-state index in [-0.39, 0.29) is 6.04 Å². The molecule has 0 amide bonds. The lowest BCUT2D eigenvalue weighted by atomic mass is 10.0. The number of hydrogen-bond donors (Lipinski definition) is 1. The molecule has 0 saturated heterocycles. The van der Waals surface area contributed by atoms with Gasteiger partial charge < -0.3 is 10.1 Å². The molecule has 0 spiro atoms. The molecule has 2 rings (SSSR count). The molecule has 20 heavy (non-hydrogen) atoms. The first-order valence-electron chi connectivity index (χ1n) is 6.73. The van der Waals surface area contributed by atoms with Crippen LogP contribution in [0.4, 0.5) is 13.2 Å². The van der Waals surface area contributed by atoms with Crippen LogP contribution in [0.15, 0.2) is 36.1 Å². The molecule has 0 saturated carbocycles. The predicted octanol–water partition coefficient (Wildman–Crippen LogP) is 3.53. The van der Waals surface area contributed by atoms with Crippen molar-refractivity contribution in [3.05, 3.63) is 47.2 Å². The van der Waals surface area contributed by atoms with E-state index in [0.717, 1.165) is 36.4 Å². The van der Waals surface area contributed by atoms with Crippen molar-refractivity contribution < 1.29 is 17.9 Å². The van der Waals surface area contributed by atoms with Gasteiger partial charge in [-0.2, -0.15) is 13.2 Å². The van der Waals surface area contributed by atoms with Crippen molar-refractivity contribution in [1.29, 1.82) is 0 Å². The summed E-state index contributed by atoms with van der Waals surface area (Å²) in [6.45, 7) is 3.46. The number of alkyl halides is 3. The Balaban J connectivity index is 2.07. The summed E-state index contributed by atoms with van der Waals surface area (Å²) in [5, 5.41) is 3.30. The minimum Gasteiger partial charge on any atom is -0.496 e. The second-order valence-electron chi connectivity index (χ2n) is 4.75. The molecule has 0 aliphatic carbocycles. The fourth-order valence-electron chi connectivity index (χ4n) is 2.27. The second-order valence-corrected chi connectivity index (χ2v) is 4.75. The van der Waals surface area contributed by atoms with Gasteiger partial charge in [-0.15, -0.1) is 0 Å². The van der Waals surface area contributed by atoms with Crippen LogP contribution in [0.3, 0.4) is 0 Å². The summed E-state index contributed by atoms with van der Waals surface area (Å²) in [5.41, 5.74) is 0.248. The first-order chi connectivity index (χ1) is 9.50. The van der Waals surface area contributed by atoms with Gasteiger partial charge in [-0.05, 0) is 36.7 Å². The van der Waals surface area contributed by atoms with Crippen molar-refractivity contribution in [3.63, 3.8) is 0 Å². The molecule has 0 fully saturated rings. The average molecular weight is 285 g/mol. The Labute approximate surface area is 116 Å². The summed E-state index contributed by atoms with van der Waals surface area (Å²) < 4.78 is 43.1. The molecular formula is C15H18F3NO. The lowest BCUT2D eigenvalue weighted by Crippen LogP contribution is -2.33. The van der Waals surface area contributed by atoms with Crippen LogP contribution in [0.5, 0.6) is 0 Å². The van der Waals surface area contributed by atoms with Gasteiger partial charge in [0.05, 0.1) is 18.2 Å². The summed E-state index contributed by atoms with van der Waals surface area (Å²) in [6.07, 6.45) is -0.726. The van der Waals surface area contributed by atoms with Crippen LogP contribution >= 0.6 is 0 Å². The highest BCUT2D eigenvalue weighted by atomic mass is 19.4. The normalized spacial score (nSPS) is 16.7. The van der Waals surface area contributed by atoms with Crippen molar-refractivity contribution >= 4 is 0 Å². The van der Waals surface area contributed by atoms with Crippen LogP contribution in [0.1, 0.15) is 24.5 Å². The second kappa shape index (κ2) is 6.31. The van der Waals surface area contributed by atoms with Crippen LogP contribution in [0.2, 0.25) is 0 Å². The fraction of sp³-hybridized carbons (Fsp3) is 0.467. The minimum absolute atomic E-state index is 0.0271. The summed E-state index contributed by atoms with van der Waals surface area (Å²) in [6, 6.07) is 5.34. The largest absolute Gasteiger partial charge is 0.496 e. The van der Waals surface area contributed by atoms with Crippen molar-refractivity contribution in [1.82, 2.24) is 5.32 Å². The first kappa shape index (κ1) is 14.9. The zero-order valence-corrected chi connectivity index (χ0v) is 11.3. The molecule has 1 unspecified atom stereocenters. The van der Waals surface area contributed by atoms with Gasteiger partial charge in [0, 0.05) is 6.42 Å². The van der Waals surface area contributed by atoms with Gasteiger partial charge in [0.15, 0.2) is 0 Å². The van der Waals surface area contributed by atoms with Crippen LogP contribution in [0.25, 0.3) is 0 Å². The maximum atomic E-state index is 12.5. The molecule has 0 radical (unpaired) electrons. The Bertz CT molecular complexity index is 465. The third-order valence-corrected chi connectivity index (χ3v) is 3.25. The summed E-state index contributed by atoms with van der Waals surface area (Å²) in [5.74, 6) is 0.895. The topological polar surface area (TPSA) is 21.3 Å². The lowest BCUT2D eigenvalue weighted by Gasteiger charge is -2.19. The number of benzene rings is 1. The quantitative estimate of drug-likeness (QED) is 0.893. The molecule has 0 aromatic heterocycles. The van der Waals surface area contributed by atoms with E-state index in [1.165, 1.54) is 12.1 Å². The maximum Gasteiger partial charge on any atom is 0.416 e.